The van der Waals surface area contributed by atoms with Gasteiger partial charge in [-0.2, -0.15) is 4.31 Å². The molecule has 1 saturated heterocycles. The fourth-order valence-electron chi connectivity index (χ4n) is 3.05. The largest absolute Gasteiger partial charge is 0.334 e. The Balaban J connectivity index is 1.76. The molecule has 1 aromatic carbocycles. The van der Waals surface area contributed by atoms with E-state index in [1.807, 2.05) is 48.0 Å². The number of aryl methyl sites for hydroxylation is 1. The van der Waals surface area contributed by atoms with Crippen LogP contribution >= 0.6 is 0 Å². The van der Waals surface area contributed by atoms with Crippen LogP contribution in [0.25, 0.3) is 0 Å². The first-order valence-electron chi connectivity index (χ1n) is 7.57. The molecule has 0 N–H and O–H groups in total. The maximum absolute atomic E-state index is 12.7. The van der Waals surface area contributed by atoms with E-state index in [2.05, 4.69) is 4.98 Å². The molecule has 0 radical (unpaired) electrons. The molecule has 0 aliphatic carbocycles. The van der Waals surface area contributed by atoms with Crippen molar-refractivity contribution in [3.8, 4) is 0 Å². The zero-order valence-electron chi connectivity index (χ0n) is 12.7. The lowest BCUT2D eigenvalue weighted by Crippen LogP contribution is -2.38. The van der Waals surface area contributed by atoms with E-state index in [1.54, 1.807) is 10.5 Å². The molecule has 1 aromatic heterocycles. The second-order valence-electron chi connectivity index (χ2n) is 5.78. The lowest BCUT2D eigenvalue weighted by atomic mass is 10.2. The highest BCUT2D eigenvalue weighted by molar-refractivity contribution is 7.88. The maximum atomic E-state index is 12.7. The number of sulfonamides is 1. The first-order chi connectivity index (χ1) is 10.6. The zero-order valence-corrected chi connectivity index (χ0v) is 13.5. The number of aromatic nitrogens is 2. The topological polar surface area (TPSA) is 55.2 Å². The van der Waals surface area contributed by atoms with E-state index in [1.165, 1.54) is 0 Å². The van der Waals surface area contributed by atoms with E-state index in [9.17, 15) is 8.42 Å². The van der Waals surface area contributed by atoms with Gasteiger partial charge in [-0.1, -0.05) is 30.3 Å². The van der Waals surface area contributed by atoms with Crippen LogP contribution in [0.1, 0.15) is 24.2 Å². The Morgan fingerprint density at radius 2 is 2.05 bits per heavy atom. The number of nitrogens with zero attached hydrogens (tertiary/aromatic N) is 3. The van der Waals surface area contributed by atoms with Gasteiger partial charge >= 0.3 is 0 Å². The summed E-state index contributed by atoms with van der Waals surface area (Å²) < 4.78 is 29.2. The standard InChI is InChI=1S/C16H21N3O2S/c1-14-17-9-11-18(14)12-16-8-5-10-19(16)22(20,21)13-15-6-3-2-4-7-15/h2-4,6-7,9,11,16H,5,8,10,12-13H2,1H3. The van der Waals surface area contributed by atoms with Gasteiger partial charge in [-0.15, -0.1) is 0 Å². The fourth-order valence-corrected chi connectivity index (χ4v) is 4.86. The van der Waals surface area contributed by atoms with Gasteiger partial charge in [0.2, 0.25) is 10.0 Å². The van der Waals surface area contributed by atoms with Gasteiger partial charge in [0.05, 0.1) is 5.75 Å². The van der Waals surface area contributed by atoms with Crippen LogP contribution in [0.15, 0.2) is 42.7 Å². The van der Waals surface area contributed by atoms with Crippen molar-refractivity contribution in [3.05, 3.63) is 54.1 Å². The van der Waals surface area contributed by atoms with Crippen molar-refractivity contribution < 1.29 is 8.42 Å². The molecule has 5 nitrogen and oxygen atoms in total. The molecule has 3 rings (SSSR count). The van der Waals surface area contributed by atoms with E-state index >= 15 is 0 Å². The van der Waals surface area contributed by atoms with Crippen LogP contribution in [0, 0.1) is 6.92 Å². The van der Waals surface area contributed by atoms with E-state index in [0.29, 0.717) is 13.1 Å². The Morgan fingerprint density at radius 3 is 2.73 bits per heavy atom. The second kappa shape index (κ2) is 6.22. The number of rotatable bonds is 5. The second-order valence-corrected chi connectivity index (χ2v) is 7.70. The summed E-state index contributed by atoms with van der Waals surface area (Å²) in [6.45, 7) is 3.24. The predicted octanol–water partition coefficient (Wildman–Crippen LogP) is 2.19. The number of hydrogen-bond donors (Lipinski definition) is 0. The zero-order chi connectivity index (χ0) is 15.6. The lowest BCUT2D eigenvalue weighted by Gasteiger charge is -2.25. The fraction of sp³-hybridized carbons (Fsp3) is 0.438. The summed E-state index contributed by atoms with van der Waals surface area (Å²) in [5.74, 6) is 1.00. The minimum absolute atomic E-state index is 0.0293. The summed E-state index contributed by atoms with van der Waals surface area (Å²) in [5, 5.41) is 0. The molecular formula is C16H21N3O2S. The van der Waals surface area contributed by atoms with Gasteiger partial charge < -0.3 is 4.57 Å². The Labute approximate surface area is 131 Å². The van der Waals surface area contributed by atoms with Crippen LogP contribution in [0.4, 0.5) is 0 Å². The van der Waals surface area contributed by atoms with Gasteiger partial charge in [0, 0.05) is 31.5 Å². The quantitative estimate of drug-likeness (QED) is 0.849. The first-order valence-corrected chi connectivity index (χ1v) is 9.18. The van der Waals surface area contributed by atoms with E-state index in [-0.39, 0.29) is 11.8 Å². The molecule has 0 bridgehead atoms. The lowest BCUT2D eigenvalue weighted by molar-refractivity contribution is 0.349. The van der Waals surface area contributed by atoms with Gasteiger partial charge in [-0.25, -0.2) is 13.4 Å². The Morgan fingerprint density at radius 1 is 1.27 bits per heavy atom. The van der Waals surface area contributed by atoms with Crippen molar-refractivity contribution in [2.24, 2.45) is 0 Å². The number of hydrogen-bond acceptors (Lipinski definition) is 3. The number of benzene rings is 1. The molecule has 0 amide bonds. The molecule has 1 aliphatic rings. The van der Waals surface area contributed by atoms with Gasteiger partial charge in [0.25, 0.3) is 0 Å². The number of imidazole rings is 1. The highest BCUT2D eigenvalue weighted by Gasteiger charge is 2.34. The van der Waals surface area contributed by atoms with Crippen LogP contribution in [0.3, 0.4) is 0 Å². The Kier molecular flexibility index (Phi) is 4.31. The SMILES string of the molecule is Cc1nccn1CC1CCCN1S(=O)(=O)Cc1ccccc1. The monoisotopic (exact) mass is 319 g/mol. The van der Waals surface area contributed by atoms with Crippen LogP contribution in [-0.2, 0) is 22.3 Å². The first kappa shape index (κ1) is 15.2. The highest BCUT2D eigenvalue weighted by Crippen LogP contribution is 2.25. The van der Waals surface area contributed by atoms with E-state index in [4.69, 9.17) is 0 Å². The molecule has 22 heavy (non-hydrogen) atoms. The Hall–Kier alpha value is -1.66. The molecule has 2 aromatic rings. The van der Waals surface area contributed by atoms with Gasteiger partial charge in [-0.3, -0.25) is 0 Å². The van der Waals surface area contributed by atoms with Crippen molar-refractivity contribution in [1.82, 2.24) is 13.9 Å². The summed E-state index contributed by atoms with van der Waals surface area (Å²) >= 11 is 0. The average Bonchev–Trinajstić information content (AvgIpc) is 3.10. The predicted molar refractivity (Wildman–Crippen MR) is 85.8 cm³/mol. The third-order valence-electron chi connectivity index (χ3n) is 4.20. The van der Waals surface area contributed by atoms with Crippen LogP contribution in [0.5, 0.6) is 0 Å². The van der Waals surface area contributed by atoms with Crippen LogP contribution in [0.2, 0.25) is 0 Å². The molecular weight excluding hydrogens is 298 g/mol. The Bertz CT molecular complexity index is 725. The van der Waals surface area contributed by atoms with Gasteiger partial charge in [0.1, 0.15) is 5.82 Å². The van der Waals surface area contributed by atoms with Crippen molar-refractivity contribution in [3.63, 3.8) is 0 Å². The van der Waals surface area contributed by atoms with Gasteiger partial charge in [-0.05, 0) is 25.3 Å². The summed E-state index contributed by atoms with van der Waals surface area (Å²) in [7, 11) is -3.28. The molecule has 0 saturated carbocycles. The third kappa shape index (κ3) is 3.23. The van der Waals surface area contributed by atoms with Crippen molar-refractivity contribution >= 4 is 10.0 Å². The smallest absolute Gasteiger partial charge is 0.218 e. The molecule has 0 spiro atoms. The highest BCUT2D eigenvalue weighted by atomic mass is 32.2. The third-order valence-corrected chi connectivity index (χ3v) is 6.10. The maximum Gasteiger partial charge on any atom is 0.218 e. The van der Waals surface area contributed by atoms with Crippen molar-refractivity contribution in [2.45, 2.75) is 38.1 Å². The van der Waals surface area contributed by atoms with Gasteiger partial charge in [0.15, 0.2) is 0 Å². The summed E-state index contributed by atoms with van der Waals surface area (Å²) in [4.78, 5) is 4.21. The summed E-state index contributed by atoms with van der Waals surface area (Å²) in [6.07, 6.45) is 5.50. The minimum atomic E-state index is -3.28. The molecule has 1 aliphatic heterocycles. The summed E-state index contributed by atoms with van der Waals surface area (Å²) in [6, 6.07) is 9.41. The molecule has 6 heteroatoms. The van der Waals surface area contributed by atoms with Crippen LogP contribution in [-0.4, -0.2) is 34.9 Å². The van der Waals surface area contributed by atoms with Crippen molar-refractivity contribution in [2.75, 3.05) is 6.54 Å². The molecule has 1 unspecified atom stereocenters. The molecule has 1 fully saturated rings. The molecule has 1 atom stereocenters. The minimum Gasteiger partial charge on any atom is -0.334 e. The molecule has 2 heterocycles. The van der Waals surface area contributed by atoms with Crippen molar-refractivity contribution in [1.29, 1.82) is 0 Å². The van der Waals surface area contributed by atoms with Crippen LogP contribution < -0.4 is 0 Å². The normalized spacial score (nSPS) is 19.6. The van der Waals surface area contributed by atoms with E-state index in [0.717, 1.165) is 24.2 Å². The average molecular weight is 319 g/mol. The molecule has 118 valence electrons. The van der Waals surface area contributed by atoms with E-state index < -0.39 is 10.0 Å². The summed E-state index contributed by atoms with van der Waals surface area (Å²) in [5.41, 5.74) is 0.840.